The van der Waals surface area contributed by atoms with Crippen molar-refractivity contribution in [2.45, 2.75) is 13.5 Å². The lowest BCUT2D eigenvalue weighted by atomic mass is 10.1. The quantitative estimate of drug-likeness (QED) is 0.833. The minimum Gasteiger partial charge on any atom is -0.494 e. The van der Waals surface area contributed by atoms with Gasteiger partial charge in [0, 0.05) is 30.6 Å². The Balaban J connectivity index is 2.74. The van der Waals surface area contributed by atoms with E-state index in [0.29, 0.717) is 0 Å². The van der Waals surface area contributed by atoms with Crippen LogP contribution in [0.5, 0.6) is 5.75 Å². The van der Waals surface area contributed by atoms with Gasteiger partial charge in [-0.1, -0.05) is 6.92 Å². The number of benzene rings is 1. The number of amides is 1. The van der Waals surface area contributed by atoms with E-state index >= 15 is 0 Å². The molecule has 0 aliphatic rings. The minimum atomic E-state index is -0.671. The van der Waals surface area contributed by atoms with Gasteiger partial charge in [-0.25, -0.2) is 8.78 Å². The molecule has 0 saturated carbocycles. The van der Waals surface area contributed by atoms with Gasteiger partial charge < -0.3 is 15.8 Å². The van der Waals surface area contributed by atoms with Crippen LogP contribution >= 0.6 is 0 Å². The molecule has 1 amide bonds. The summed E-state index contributed by atoms with van der Waals surface area (Å²) >= 11 is 0. The van der Waals surface area contributed by atoms with E-state index < -0.39 is 11.6 Å². The Labute approximate surface area is 104 Å². The summed E-state index contributed by atoms with van der Waals surface area (Å²) in [7, 11) is 1.25. The number of carbonyl (C=O) groups excluding carboxylic acids is 1. The highest BCUT2D eigenvalue weighted by Gasteiger charge is 2.13. The molecule has 100 valence electrons. The molecule has 1 rings (SSSR count). The molecule has 3 N–H and O–H groups in total. The first kappa shape index (κ1) is 14.4. The van der Waals surface area contributed by atoms with E-state index in [4.69, 9.17) is 5.73 Å². The Kier molecular flexibility index (Phi) is 5.03. The van der Waals surface area contributed by atoms with Gasteiger partial charge in [-0.15, -0.1) is 0 Å². The molecule has 0 saturated heterocycles. The number of ether oxygens (including phenoxy) is 1. The van der Waals surface area contributed by atoms with Crippen LogP contribution in [0, 0.1) is 17.6 Å². The number of hydrogen-bond acceptors (Lipinski definition) is 3. The topological polar surface area (TPSA) is 64.3 Å². The van der Waals surface area contributed by atoms with Crippen LogP contribution in [-0.2, 0) is 11.3 Å². The summed E-state index contributed by atoms with van der Waals surface area (Å²) in [4.78, 5) is 11.4. The zero-order valence-electron chi connectivity index (χ0n) is 10.3. The first-order valence-electron chi connectivity index (χ1n) is 5.49. The van der Waals surface area contributed by atoms with E-state index in [2.05, 4.69) is 10.1 Å². The average Bonchev–Trinajstić information content (AvgIpc) is 2.37. The van der Waals surface area contributed by atoms with Crippen LogP contribution in [0.3, 0.4) is 0 Å². The lowest BCUT2D eigenvalue weighted by Crippen LogP contribution is -2.33. The van der Waals surface area contributed by atoms with Crippen LogP contribution in [0.1, 0.15) is 12.5 Å². The fraction of sp³-hybridized carbons (Fsp3) is 0.417. The van der Waals surface area contributed by atoms with Gasteiger partial charge in [-0.3, -0.25) is 4.79 Å². The lowest BCUT2D eigenvalue weighted by molar-refractivity contribution is -0.124. The van der Waals surface area contributed by atoms with Gasteiger partial charge in [0.25, 0.3) is 0 Å². The van der Waals surface area contributed by atoms with Gasteiger partial charge >= 0.3 is 0 Å². The third kappa shape index (κ3) is 3.40. The molecule has 4 nitrogen and oxygen atoms in total. The molecule has 0 aliphatic carbocycles. The maximum absolute atomic E-state index is 13.5. The standard InChI is InChI=1S/C12H16F2N2O2/c1-7(5-15)12(17)16-6-8-3-10(14)11(18-2)4-9(8)13/h3-4,7H,5-6,15H2,1-2H3,(H,16,17). The SMILES string of the molecule is COc1cc(F)c(CNC(=O)C(C)CN)cc1F. The summed E-state index contributed by atoms with van der Waals surface area (Å²) in [6, 6.07) is 1.95. The molecule has 0 heterocycles. The predicted octanol–water partition coefficient (Wildman–Crippen LogP) is 1.18. The van der Waals surface area contributed by atoms with Crippen LogP contribution < -0.4 is 15.8 Å². The summed E-state index contributed by atoms with van der Waals surface area (Å²) < 4.78 is 31.5. The van der Waals surface area contributed by atoms with E-state index in [1.54, 1.807) is 6.92 Å². The molecule has 1 atom stereocenters. The van der Waals surface area contributed by atoms with Crippen LogP contribution in [0.2, 0.25) is 0 Å². The summed E-state index contributed by atoms with van der Waals surface area (Å²) in [6.45, 7) is 1.77. The maximum atomic E-state index is 13.5. The van der Waals surface area contributed by atoms with Crippen molar-refractivity contribution < 1.29 is 18.3 Å². The van der Waals surface area contributed by atoms with Gasteiger partial charge in [0.1, 0.15) is 5.82 Å². The molecule has 0 aliphatic heterocycles. The van der Waals surface area contributed by atoms with Crippen molar-refractivity contribution in [2.24, 2.45) is 11.7 Å². The highest BCUT2D eigenvalue weighted by Crippen LogP contribution is 2.21. The van der Waals surface area contributed by atoms with Gasteiger partial charge in [-0.05, 0) is 6.07 Å². The Hall–Kier alpha value is -1.69. The summed E-state index contributed by atoms with van der Waals surface area (Å²) in [6.07, 6.45) is 0. The first-order chi connectivity index (χ1) is 8.49. The molecule has 0 bridgehead atoms. The molecular weight excluding hydrogens is 242 g/mol. The Morgan fingerprint density at radius 2 is 2.11 bits per heavy atom. The molecule has 1 aromatic rings. The fourth-order valence-corrected chi connectivity index (χ4v) is 1.33. The van der Waals surface area contributed by atoms with Gasteiger partial charge in [0.15, 0.2) is 11.6 Å². The largest absolute Gasteiger partial charge is 0.494 e. The number of halogens is 2. The van der Waals surface area contributed by atoms with Crippen molar-refractivity contribution in [3.63, 3.8) is 0 Å². The average molecular weight is 258 g/mol. The van der Waals surface area contributed by atoms with E-state index in [-0.39, 0.29) is 36.2 Å². The van der Waals surface area contributed by atoms with E-state index in [1.165, 1.54) is 7.11 Å². The zero-order chi connectivity index (χ0) is 13.7. The van der Waals surface area contributed by atoms with Crippen LogP contribution in [0.25, 0.3) is 0 Å². The summed E-state index contributed by atoms with van der Waals surface area (Å²) in [5.41, 5.74) is 5.38. The maximum Gasteiger partial charge on any atom is 0.224 e. The molecule has 1 unspecified atom stereocenters. The summed E-state index contributed by atoms with van der Waals surface area (Å²) in [5, 5.41) is 2.49. The highest BCUT2D eigenvalue weighted by atomic mass is 19.1. The monoisotopic (exact) mass is 258 g/mol. The number of hydrogen-bond donors (Lipinski definition) is 2. The van der Waals surface area contributed by atoms with Crippen molar-refractivity contribution in [1.29, 1.82) is 0 Å². The van der Waals surface area contributed by atoms with E-state index in [1.807, 2.05) is 0 Å². The number of nitrogens with two attached hydrogens (primary N) is 1. The van der Waals surface area contributed by atoms with Crippen molar-refractivity contribution in [1.82, 2.24) is 5.32 Å². The first-order valence-corrected chi connectivity index (χ1v) is 5.49. The smallest absolute Gasteiger partial charge is 0.224 e. The molecule has 6 heteroatoms. The second-order valence-electron chi connectivity index (χ2n) is 3.93. The van der Waals surface area contributed by atoms with E-state index in [9.17, 15) is 13.6 Å². The number of methoxy groups -OCH3 is 1. The normalized spacial score (nSPS) is 12.1. The van der Waals surface area contributed by atoms with Gasteiger partial charge in [0.05, 0.1) is 7.11 Å². The molecule has 0 aromatic heterocycles. The summed E-state index contributed by atoms with van der Waals surface area (Å²) in [5.74, 6) is -2.13. The number of rotatable bonds is 5. The van der Waals surface area contributed by atoms with Crippen LogP contribution in [0.4, 0.5) is 8.78 Å². The fourth-order valence-electron chi connectivity index (χ4n) is 1.33. The second kappa shape index (κ2) is 6.30. The number of nitrogens with one attached hydrogen (secondary N) is 1. The van der Waals surface area contributed by atoms with Crippen molar-refractivity contribution >= 4 is 5.91 Å². The van der Waals surface area contributed by atoms with Crippen LogP contribution in [0.15, 0.2) is 12.1 Å². The Morgan fingerprint density at radius 3 is 2.67 bits per heavy atom. The molecule has 18 heavy (non-hydrogen) atoms. The highest BCUT2D eigenvalue weighted by molar-refractivity contribution is 5.78. The van der Waals surface area contributed by atoms with Crippen molar-refractivity contribution in [3.8, 4) is 5.75 Å². The predicted molar refractivity (Wildman–Crippen MR) is 63.0 cm³/mol. The molecule has 1 aromatic carbocycles. The van der Waals surface area contributed by atoms with Gasteiger partial charge in [-0.2, -0.15) is 0 Å². The third-order valence-electron chi connectivity index (χ3n) is 2.58. The zero-order valence-corrected chi connectivity index (χ0v) is 10.3. The second-order valence-corrected chi connectivity index (χ2v) is 3.93. The molecule has 0 spiro atoms. The molecular formula is C12H16F2N2O2. The molecule has 0 fully saturated rings. The van der Waals surface area contributed by atoms with Crippen molar-refractivity contribution in [2.75, 3.05) is 13.7 Å². The van der Waals surface area contributed by atoms with E-state index in [0.717, 1.165) is 12.1 Å². The van der Waals surface area contributed by atoms with Gasteiger partial charge in [0.2, 0.25) is 5.91 Å². The Morgan fingerprint density at radius 1 is 1.44 bits per heavy atom. The third-order valence-corrected chi connectivity index (χ3v) is 2.58. The lowest BCUT2D eigenvalue weighted by Gasteiger charge is -2.11. The molecule has 0 radical (unpaired) electrons. The van der Waals surface area contributed by atoms with Crippen molar-refractivity contribution in [3.05, 3.63) is 29.3 Å². The Bertz CT molecular complexity index is 438. The minimum absolute atomic E-state index is 0.0610. The van der Waals surface area contributed by atoms with Crippen LogP contribution in [-0.4, -0.2) is 19.6 Å². The number of carbonyl (C=O) groups is 1.